The van der Waals surface area contributed by atoms with Crippen LogP contribution in [0.2, 0.25) is 0 Å². The molecule has 4 heteroatoms. The van der Waals surface area contributed by atoms with Gasteiger partial charge in [-0.3, -0.25) is 0 Å². The van der Waals surface area contributed by atoms with Crippen molar-refractivity contribution in [1.82, 2.24) is 0 Å². The van der Waals surface area contributed by atoms with Crippen molar-refractivity contribution in [2.45, 2.75) is 40.7 Å². The summed E-state index contributed by atoms with van der Waals surface area (Å²) in [6.45, 7) is 10.1. The normalized spacial score (nSPS) is 11.9. The zero-order valence-electron chi connectivity index (χ0n) is 15.1. The van der Waals surface area contributed by atoms with Gasteiger partial charge < -0.3 is 15.8 Å². The second-order valence-electron chi connectivity index (χ2n) is 6.16. The molecule has 0 fully saturated rings. The van der Waals surface area contributed by atoms with Gasteiger partial charge in [0.25, 0.3) is 0 Å². The van der Waals surface area contributed by atoms with Gasteiger partial charge in [0, 0.05) is 11.4 Å². The van der Waals surface area contributed by atoms with Gasteiger partial charge in [-0.05, 0) is 62.4 Å². The second-order valence-corrected chi connectivity index (χ2v) is 6.16. The Bertz CT molecular complexity index is 710. The zero-order chi connectivity index (χ0) is 17.9. The molecule has 4 nitrogen and oxygen atoms in total. The third kappa shape index (κ3) is 3.70. The van der Waals surface area contributed by atoms with Gasteiger partial charge in [0.1, 0.15) is 0 Å². The molecule has 0 bridgehead atoms. The van der Waals surface area contributed by atoms with E-state index in [9.17, 15) is 4.79 Å². The number of hydrogen-bond acceptors (Lipinski definition) is 4. The molecule has 0 aliphatic rings. The summed E-state index contributed by atoms with van der Waals surface area (Å²) >= 11 is 0. The molecule has 1 unspecified atom stereocenters. The average Bonchev–Trinajstić information content (AvgIpc) is 2.52. The first-order chi connectivity index (χ1) is 11.3. The molecule has 0 spiro atoms. The van der Waals surface area contributed by atoms with E-state index in [2.05, 4.69) is 5.32 Å². The van der Waals surface area contributed by atoms with E-state index in [-0.39, 0.29) is 5.97 Å². The molecule has 0 saturated heterocycles. The lowest BCUT2D eigenvalue weighted by Gasteiger charge is -2.22. The number of nitrogens with two attached hydrogens (primary N) is 1. The van der Waals surface area contributed by atoms with Crippen LogP contribution >= 0.6 is 0 Å². The van der Waals surface area contributed by atoms with Crippen molar-refractivity contribution in [2.75, 3.05) is 17.7 Å². The number of nitrogens with one attached hydrogen (secondary N) is 1. The number of carbonyl (C=O) groups is 1. The monoisotopic (exact) mass is 326 g/mol. The van der Waals surface area contributed by atoms with Gasteiger partial charge in [0.2, 0.25) is 0 Å². The van der Waals surface area contributed by atoms with E-state index >= 15 is 0 Å². The highest BCUT2D eigenvalue weighted by atomic mass is 16.5. The smallest absolute Gasteiger partial charge is 0.333 e. The van der Waals surface area contributed by atoms with Crippen molar-refractivity contribution < 1.29 is 9.53 Å². The van der Waals surface area contributed by atoms with E-state index in [0.717, 1.165) is 39.2 Å². The molecular formula is C20H26N2O2. The highest BCUT2D eigenvalue weighted by molar-refractivity contribution is 5.82. The van der Waals surface area contributed by atoms with Crippen molar-refractivity contribution in [1.29, 1.82) is 0 Å². The Labute approximate surface area is 144 Å². The summed E-state index contributed by atoms with van der Waals surface area (Å²) in [6, 6.07) is 9.39. The molecule has 3 N–H and O–H groups in total. The molecule has 128 valence electrons. The standard InChI is InChI=1S/C20H26N2O2/c1-6-24-20(23)19(16-10-14(4)17(21)15(5)11-16)22-18-12(2)8-7-9-13(18)3/h7-11,19,22H,6,21H2,1-5H3. The molecule has 0 amide bonds. The van der Waals surface area contributed by atoms with E-state index in [4.69, 9.17) is 10.5 Å². The Morgan fingerprint density at radius 2 is 1.62 bits per heavy atom. The number of anilines is 2. The summed E-state index contributed by atoms with van der Waals surface area (Å²) in [5.74, 6) is -0.288. The van der Waals surface area contributed by atoms with E-state index in [1.165, 1.54) is 0 Å². The Morgan fingerprint density at radius 3 is 2.12 bits per heavy atom. The van der Waals surface area contributed by atoms with Crippen LogP contribution in [0.4, 0.5) is 11.4 Å². The summed E-state index contributed by atoms with van der Waals surface area (Å²) < 4.78 is 5.29. The van der Waals surface area contributed by atoms with Crippen LogP contribution in [0.1, 0.15) is 40.8 Å². The fourth-order valence-corrected chi connectivity index (χ4v) is 2.87. The lowest BCUT2D eigenvalue weighted by molar-refractivity contribution is -0.144. The molecule has 24 heavy (non-hydrogen) atoms. The molecule has 2 aromatic carbocycles. The Morgan fingerprint density at radius 1 is 1.08 bits per heavy atom. The molecule has 0 heterocycles. The Balaban J connectivity index is 2.48. The van der Waals surface area contributed by atoms with Crippen molar-refractivity contribution in [2.24, 2.45) is 0 Å². The van der Waals surface area contributed by atoms with Crippen LogP contribution in [0, 0.1) is 27.7 Å². The topological polar surface area (TPSA) is 64.3 Å². The van der Waals surface area contributed by atoms with Gasteiger partial charge in [-0.25, -0.2) is 4.79 Å². The lowest BCUT2D eigenvalue weighted by Crippen LogP contribution is -2.24. The molecule has 0 radical (unpaired) electrons. The SMILES string of the molecule is CCOC(=O)C(Nc1c(C)cccc1C)c1cc(C)c(N)c(C)c1. The summed E-state index contributed by atoms with van der Waals surface area (Å²) in [5.41, 5.74) is 12.7. The molecular weight excluding hydrogens is 300 g/mol. The van der Waals surface area contributed by atoms with Crippen LogP contribution < -0.4 is 11.1 Å². The van der Waals surface area contributed by atoms with Gasteiger partial charge in [0.05, 0.1) is 6.61 Å². The van der Waals surface area contributed by atoms with Crippen molar-refractivity contribution >= 4 is 17.3 Å². The first-order valence-corrected chi connectivity index (χ1v) is 8.21. The molecule has 1 atom stereocenters. The summed E-state index contributed by atoms with van der Waals surface area (Å²) in [7, 11) is 0. The third-order valence-electron chi connectivity index (χ3n) is 4.24. The number of hydrogen-bond donors (Lipinski definition) is 2. The Hall–Kier alpha value is -2.49. The summed E-state index contributed by atoms with van der Waals surface area (Å²) in [6.07, 6.45) is 0. The maximum Gasteiger partial charge on any atom is 0.333 e. The van der Waals surface area contributed by atoms with E-state index in [1.54, 1.807) is 0 Å². The summed E-state index contributed by atoms with van der Waals surface area (Å²) in [4.78, 5) is 12.6. The summed E-state index contributed by atoms with van der Waals surface area (Å²) in [5, 5.41) is 3.37. The number of rotatable bonds is 5. The number of ether oxygens (including phenoxy) is 1. The second kappa shape index (κ2) is 7.39. The number of para-hydroxylation sites is 1. The van der Waals surface area contributed by atoms with Crippen molar-refractivity contribution in [3.63, 3.8) is 0 Å². The van der Waals surface area contributed by atoms with Gasteiger partial charge in [0.15, 0.2) is 6.04 Å². The largest absolute Gasteiger partial charge is 0.464 e. The quantitative estimate of drug-likeness (QED) is 0.638. The number of carbonyl (C=O) groups excluding carboxylic acids is 1. The Kier molecular flexibility index (Phi) is 5.50. The third-order valence-corrected chi connectivity index (χ3v) is 4.24. The van der Waals surface area contributed by atoms with Crippen molar-refractivity contribution in [3.8, 4) is 0 Å². The highest BCUT2D eigenvalue weighted by Crippen LogP contribution is 2.29. The molecule has 2 aromatic rings. The van der Waals surface area contributed by atoms with Gasteiger partial charge in [-0.15, -0.1) is 0 Å². The minimum Gasteiger partial charge on any atom is -0.464 e. The van der Waals surface area contributed by atoms with Crippen molar-refractivity contribution in [3.05, 3.63) is 58.1 Å². The average molecular weight is 326 g/mol. The van der Waals surface area contributed by atoms with Crippen LogP contribution in [0.3, 0.4) is 0 Å². The predicted molar refractivity (Wildman–Crippen MR) is 99.2 cm³/mol. The van der Waals surface area contributed by atoms with Crippen LogP contribution in [0.15, 0.2) is 30.3 Å². The van der Waals surface area contributed by atoms with Crippen LogP contribution in [-0.4, -0.2) is 12.6 Å². The van der Waals surface area contributed by atoms with E-state index < -0.39 is 6.04 Å². The maximum absolute atomic E-state index is 12.6. The lowest BCUT2D eigenvalue weighted by atomic mass is 9.98. The zero-order valence-corrected chi connectivity index (χ0v) is 15.1. The van der Waals surface area contributed by atoms with Crippen LogP contribution in [0.25, 0.3) is 0 Å². The number of aryl methyl sites for hydroxylation is 4. The molecule has 2 rings (SSSR count). The fraction of sp³-hybridized carbons (Fsp3) is 0.350. The molecule has 0 aliphatic heterocycles. The highest BCUT2D eigenvalue weighted by Gasteiger charge is 2.24. The van der Waals surface area contributed by atoms with Gasteiger partial charge in [-0.2, -0.15) is 0 Å². The van der Waals surface area contributed by atoms with E-state index in [1.807, 2.05) is 65.0 Å². The number of nitrogen functional groups attached to an aromatic ring is 1. The van der Waals surface area contributed by atoms with Crippen LogP contribution in [0.5, 0.6) is 0 Å². The fourth-order valence-electron chi connectivity index (χ4n) is 2.87. The first kappa shape index (κ1) is 17.9. The van der Waals surface area contributed by atoms with Gasteiger partial charge in [-0.1, -0.05) is 30.3 Å². The number of benzene rings is 2. The molecule has 0 aromatic heterocycles. The predicted octanol–water partition coefficient (Wildman–Crippen LogP) is 4.22. The molecule has 0 aliphatic carbocycles. The number of esters is 1. The minimum atomic E-state index is -0.567. The maximum atomic E-state index is 12.6. The first-order valence-electron chi connectivity index (χ1n) is 8.21. The van der Waals surface area contributed by atoms with Crippen LogP contribution in [-0.2, 0) is 9.53 Å². The minimum absolute atomic E-state index is 0.288. The van der Waals surface area contributed by atoms with Gasteiger partial charge >= 0.3 is 5.97 Å². The van der Waals surface area contributed by atoms with E-state index in [0.29, 0.717) is 6.61 Å². The molecule has 0 saturated carbocycles.